The van der Waals surface area contributed by atoms with Gasteiger partial charge in [-0.2, -0.15) is 18.2 Å². The van der Waals surface area contributed by atoms with Crippen molar-refractivity contribution >= 4 is 29.0 Å². The second-order valence-electron chi connectivity index (χ2n) is 7.62. The topological polar surface area (TPSA) is 92.5 Å². The molecule has 0 radical (unpaired) electrons. The van der Waals surface area contributed by atoms with E-state index in [0.29, 0.717) is 41.3 Å². The Balaban J connectivity index is 1.51. The molecule has 2 aromatic heterocycles. The van der Waals surface area contributed by atoms with Gasteiger partial charge in [-0.05, 0) is 44.4 Å². The van der Waals surface area contributed by atoms with Crippen LogP contribution in [-0.2, 0) is 22.2 Å². The lowest BCUT2D eigenvalue weighted by molar-refractivity contribution is -0.144. The Hall–Kier alpha value is -3.50. The number of nitrogens with zero attached hydrogens (tertiary/aromatic N) is 5. The summed E-state index contributed by atoms with van der Waals surface area (Å²) in [7, 11) is 0. The number of anilines is 2. The van der Waals surface area contributed by atoms with Crippen molar-refractivity contribution in [2.45, 2.75) is 45.7 Å². The van der Waals surface area contributed by atoms with Gasteiger partial charge in [0.2, 0.25) is 11.8 Å². The zero-order valence-corrected chi connectivity index (χ0v) is 17.5. The first-order valence-electron chi connectivity index (χ1n) is 10.1. The van der Waals surface area contributed by atoms with Crippen LogP contribution in [-0.4, -0.2) is 37.9 Å². The van der Waals surface area contributed by atoms with Crippen LogP contribution in [0.15, 0.2) is 24.3 Å². The number of alkyl halides is 3. The number of carbonyl (C=O) groups is 2. The molecule has 0 atom stereocenters. The summed E-state index contributed by atoms with van der Waals surface area (Å²) in [5, 5.41) is 6.36. The van der Waals surface area contributed by atoms with Gasteiger partial charge in [-0.1, -0.05) is 12.1 Å². The van der Waals surface area contributed by atoms with Gasteiger partial charge in [-0.3, -0.25) is 9.59 Å². The Bertz CT molecular complexity index is 1200. The highest BCUT2D eigenvalue weighted by molar-refractivity contribution is 6.02. The molecule has 168 valence electrons. The fraction of sp³-hybridized carbons (Fsp3) is 0.381. The van der Waals surface area contributed by atoms with Crippen molar-refractivity contribution in [3.63, 3.8) is 0 Å². The van der Waals surface area contributed by atoms with E-state index in [1.165, 1.54) is 0 Å². The molecule has 11 heteroatoms. The molecule has 4 rings (SSSR count). The number of fused-ring (bicyclic) bond motifs is 1. The van der Waals surface area contributed by atoms with Crippen LogP contribution in [0.1, 0.15) is 42.0 Å². The van der Waals surface area contributed by atoms with Gasteiger partial charge in [0.25, 0.3) is 11.6 Å². The minimum absolute atomic E-state index is 0.0170. The Morgan fingerprint density at radius 2 is 1.94 bits per heavy atom. The van der Waals surface area contributed by atoms with Gasteiger partial charge >= 0.3 is 6.18 Å². The molecule has 3 heterocycles. The smallest absolute Gasteiger partial charge is 0.324 e. The van der Waals surface area contributed by atoms with Crippen LogP contribution in [0.25, 0.3) is 5.78 Å². The first kappa shape index (κ1) is 21.7. The van der Waals surface area contributed by atoms with Crippen molar-refractivity contribution in [3.8, 4) is 0 Å². The van der Waals surface area contributed by atoms with Crippen LogP contribution in [0.4, 0.5) is 24.5 Å². The van der Waals surface area contributed by atoms with E-state index in [1.807, 2.05) is 0 Å². The summed E-state index contributed by atoms with van der Waals surface area (Å²) in [6.45, 7) is 3.89. The highest BCUT2D eigenvalue weighted by atomic mass is 19.4. The third-order valence-corrected chi connectivity index (χ3v) is 5.45. The fourth-order valence-corrected chi connectivity index (χ4v) is 3.86. The average molecular weight is 446 g/mol. The van der Waals surface area contributed by atoms with Crippen LogP contribution < -0.4 is 10.2 Å². The van der Waals surface area contributed by atoms with E-state index >= 15 is 0 Å². The Labute approximate surface area is 181 Å². The average Bonchev–Trinajstić information content (AvgIpc) is 3.34. The first-order valence-corrected chi connectivity index (χ1v) is 10.1. The molecule has 3 aromatic rings. The van der Waals surface area contributed by atoms with E-state index in [4.69, 9.17) is 0 Å². The lowest BCUT2D eigenvalue weighted by Gasteiger charge is -2.20. The van der Waals surface area contributed by atoms with Crippen LogP contribution >= 0.6 is 0 Å². The maximum Gasteiger partial charge on any atom is 0.453 e. The number of hydrogen-bond donors (Lipinski definition) is 1. The molecule has 2 amide bonds. The van der Waals surface area contributed by atoms with Crippen molar-refractivity contribution in [2.75, 3.05) is 16.8 Å². The van der Waals surface area contributed by atoms with Crippen molar-refractivity contribution < 1.29 is 22.8 Å². The summed E-state index contributed by atoms with van der Waals surface area (Å²) < 4.78 is 39.9. The predicted molar refractivity (Wildman–Crippen MR) is 110 cm³/mol. The lowest BCUT2D eigenvalue weighted by atomic mass is 10.1. The molecule has 0 spiro atoms. The molecule has 32 heavy (non-hydrogen) atoms. The third-order valence-electron chi connectivity index (χ3n) is 5.45. The summed E-state index contributed by atoms with van der Waals surface area (Å²) in [5.41, 5.74) is 2.77. The van der Waals surface area contributed by atoms with Gasteiger partial charge in [0.1, 0.15) is 0 Å². The van der Waals surface area contributed by atoms with Crippen molar-refractivity contribution in [2.24, 2.45) is 0 Å². The number of halogens is 3. The summed E-state index contributed by atoms with van der Waals surface area (Å²) in [6.07, 6.45) is -3.07. The second-order valence-corrected chi connectivity index (χ2v) is 7.62. The number of para-hydroxylation sites is 2. The summed E-state index contributed by atoms with van der Waals surface area (Å²) >= 11 is 0. The monoisotopic (exact) mass is 446 g/mol. The largest absolute Gasteiger partial charge is 0.453 e. The summed E-state index contributed by atoms with van der Waals surface area (Å²) in [5.74, 6) is -1.65. The number of aryl methyl sites for hydroxylation is 2. The molecule has 0 bridgehead atoms. The zero-order valence-electron chi connectivity index (χ0n) is 17.5. The number of benzene rings is 1. The molecule has 1 saturated heterocycles. The van der Waals surface area contributed by atoms with E-state index < -0.39 is 12.0 Å². The Morgan fingerprint density at radius 3 is 2.62 bits per heavy atom. The van der Waals surface area contributed by atoms with Crippen LogP contribution in [0.2, 0.25) is 0 Å². The molecule has 0 unspecified atom stereocenters. The Morgan fingerprint density at radius 1 is 1.19 bits per heavy atom. The molecule has 0 saturated carbocycles. The normalized spacial score (nSPS) is 14.4. The van der Waals surface area contributed by atoms with Gasteiger partial charge in [0, 0.05) is 30.8 Å². The predicted octanol–water partition coefficient (Wildman–Crippen LogP) is 3.46. The zero-order chi connectivity index (χ0) is 23.0. The van der Waals surface area contributed by atoms with Gasteiger partial charge < -0.3 is 10.2 Å². The van der Waals surface area contributed by atoms with Crippen LogP contribution in [0, 0.1) is 13.8 Å². The van der Waals surface area contributed by atoms with E-state index in [9.17, 15) is 22.8 Å². The standard InChI is InChI=1S/C21H21F3N6O2/c1-12-14(13(2)30-20(25-12)27-19(28-30)21(22,23)24)9-10-17(31)26-15-6-3-4-7-16(15)29-11-5-8-18(29)32/h3-4,6-7H,5,8-11H2,1-2H3,(H,26,31). The number of nitrogens with one attached hydrogen (secondary N) is 1. The SMILES string of the molecule is Cc1nc2nc(C(F)(F)F)nn2c(C)c1CCC(=O)Nc1ccccc1N1CCCC1=O. The molecular formula is C21H21F3N6O2. The van der Waals surface area contributed by atoms with E-state index in [2.05, 4.69) is 20.4 Å². The first-order chi connectivity index (χ1) is 15.1. The number of hydrogen-bond acceptors (Lipinski definition) is 5. The molecule has 1 aromatic carbocycles. The molecule has 1 fully saturated rings. The third kappa shape index (κ3) is 4.14. The molecule has 0 aliphatic carbocycles. The fourth-order valence-electron chi connectivity index (χ4n) is 3.86. The number of rotatable bonds is 5. The van der Waals surface area contributed by atoms with Crippen molar-refractivity contribution in [1.82, 2.24) is 19.6 Å². The highest BCUT2D eigenvalue weighted by Gasteiger charge is 2.37. The van der Waals surface area contributed by atoms with Gasteiger partial charge in [-0.15, -0.1) is 5.10 Å². The van der Waals surface area contributed by atoms with E-state index in [0.717, 1.165) is 10.9 Å². The highest BCUT2D eigenvalue weighted by Crippen LogP contribution is 2.30. The molecule has 8 nitrogen and oxygen atoms in total. The van der Waals surface area contributed by atoms with E-state index in [1.54, 1.807) is 43.0 Å². The van der Waals surface area contributed by atoms with Crippen molar-refractivity contribution in [3.05, 3.63) is 47.0 Å². The summed E-state index contributed by atoms with van der Waals surface area (Å²) in [6, 6.07) is 7.09. The molecule has 1 aliphatic heterocycles. The second kappa shape index (κ2) is 8.21. The van der Waals surface area contributed by atoms with Crippen molar-refractivity contribution in [1.29, 1.82) is 0 Å². The van der Waals surface area contributed by atoms with Crippen LogP contribution in [0.5, 0.6) is 0 Å². The summed E-state index contributed by atoms with van der Waals surface area (Å²) in [4.78, 5) is 34.0. The molecule has 1 aliphatic rings. The minimum atomic E-state index is -4.67. The maximum atomic E-state index is 12.9. The number of carbonyl (C=O) groups excluding carboxylic acids is 2. The van der Waals surface area contributed by atoms with Gasteiger partial charge in [0.05, 0.1) is 11.4 Å². The Kier molecular flexibility index (Phi) is 5.57. The number of aromatic nitrogens is 4. The quantitative estimate of drug-likeness (QED) is 0.648. The number of amides is 2. The molecule has 1 N–H and O–H groups in total. The van der Waals surface area contributed by atoms with E-state index in [-0.39, 0.29) is 30.4 Å². The minimum Gasteiger partial charge on any atom is -0.324 e. The van der Waals surface area contributed by atoms with Gasteiger partial charge in [-0.25, -0.2) is 9.50 Å². The lowest BCUT2D eigenvalue weighted by Crippen LogP contribution is -2.25. The molecular weight excluding hydrogens is 425 g/mol. The maximum absolute atomic E-state index is 12.9. The van der Waals surface area contributed by atoms with Crippen LogP contribution in [0.3, 0.4) is 0 Å². The van der Waals surface area contributed by atoms with Gasteiger partial charge in [0.15, 0.2) is 0 Å².